The highest BCUT2D eigenvalue weighted by Crippen LogP contribution is 2.38. The van der Waals surface area contributed by atoms with E-state index in [1.54, 1.807) is 43.3 Å². The van der Waals surface area contributed by atoms with Crippen LogP contribution >= 0.6 is 15.9 Å². The number of para-hydroxylation sites is 1. The Kier molecular flexibility index (Phi) is 6.98. The minimum atomic E-state index is -0.789. The van der Waals surface area contributed by atoms with Gasteiger partial charge in [-0.15, -0.1) is 0 Å². The number of rotatable bonds is 6. The highest BCUT2D eigenvalue weighted by atomic mass is 79.9. The van der Waals surface area contributed by atoms with E-state index in [4.69, 9.17) is 9.47 Å². The molecule has 4 aromatic rings. The Morgan fingerprint density at radius 1 is 0.947 bits per heavy atom. The Balaban J connectivity index is 1.45. The van der Waals surface area contributed by atoms with Crippen LogP contribution in [0.1, 0.15) is 16.7 Å². The zero-order valence-corrected chi connectivity index (χ0v) is 22.2. The smallest absolute Gasteiger partial charge is 0.335 e. The number of benzene rings is 4. The van der Waals surface area contributed by atoms with E-state index >= 15 is 0 Å². The third-order valence-corrected chi connectivity index (χ3v) is 6.86. The number of nitrogens with one attached hydrogen (secondary N) is 1. The fourth-order valence-electron chi connectivity index (χ4n) is 4.39. The summed E-state index contributed by atoms with van der Waals surface area (Å²) in [6.45, 7) is 2.10. The number of imide groups is 2. The number of methoxy groups -OCH3 is 1. The number of halogens is 1. The third-order valence-electron chi connectivity index (χ3n) is 6.27. The normalized spacial score (nSPS) is 14.7. The molecule has 0 bridgehead atoms. The van der Waals surface area contributed by atoms with Gasteiger partial charge in [0, 0.05) is 0 Å². The van der Waals surface area contributed by atoms with Crippen LogP contribution in [0, 0.1) is 6.92 Å². The largest absolute Gasteiger partial charge is 0.493 e. The summed E-state index contributed by atoms with van der Waals surface area (Å²) in [6.07, 6.45) is 1.43. The van der Waals surface area contributed by atoms with Crippen LogP contribution < -0.4 is 19.7 Å². The molecule has 0 unspecified atom stereocenters. The third kappa shape index (κ3) is 4.78. The molecule has 1 aliphatic heterocycles. The van der Waals surface area contributed by atoms with E-state index in [2.05, 4.69) is 21.2 Å². The summed E-state index contributed by atoms with van der Waals surface area (Å²) >= 11 is 3.54. The molecule has 0 aromatic heterocycles. The molecule has 38 heavy (non-hydrogen) atoms. The van der Waals surface area contributed by atoms with Gasteiger partial charge in [0.25, 0.3) is 11.8 Å². The van der Waals surface area contributed by atoms with E-state index in [0.29, 0.717) is 33.8 Å². The number of carbonyl (C=O) groups is 3. The number of urea groups is 1. The molecule has 1 heterocycles. The van der Waals surface area contributed by atoms with Gasteiger partial charge < -0.3 is 9.47 Å². The van der Waals surface area contributed by atoms with Crippen molar-refractivity contribution in [1.82, 2.24) is 5.32 Å². The predicted molar refractivity (Wildman–Crippen MR) is 149 cm³/mol. The van der Waals surface area contributed by atoms with Crippen molar-refractivity contribution < 1.29 is 23.9 Å². The van der Waals surface area contributed by atoms with Crippen LogP contribution in [0.15, 0.2) is 88.9 Å². The molecule has 0 aliphatic carbocycles. The molecule has 1 fully saturated rings. The Bertz CT molecular complexity index is 1620. The lowest BCUT2D eigenvalue weighted by Gasteiger charge is -2.27. The Hall–Kier alpha value is -4.43. The summed E-state index contributed by atoms with van der Waals surface area (Å²) < 4.78 is 12.3. The molecular weight excluding hydrogens is 548 g/mol. The van der Waals surface area contributed by atoms with Crippen LogP contribution in [-0.4, -0.2) is 25.0 Å². The first kappa shape index (κ1) is 25.2. The molecule has 4 amide bonds. The molecule has 190 valence electrons. The van der Waals surface area contributed by atoms with Crippen molar-refractivity contribution in [2.24, 2.45) is 0 Å². The molecule has 8 heteroatoms. The number of fused-ring (bicyclic) bond motifs is 1. The van der Waals surface area contributed by atoms with E-state index in [1.807, 2.05) is 42.5 Å². The second-order valence-corrected chi connectivity index (χ2v) is 9.56. The zero-order valence-electron chi connectivity index (χ0n) is 20.7. The number of hydrogen-bond donors (Lipinski definition) is 1. The molecule has 5 rings (SSSR count). The Morgan fingerprint density at radius 3 is 2.47 bits per heavy atom. The molecule has 0 saturated carbocycles. The van der Waals surface area contributed by atoms with Crippen LogP contribution in [0.4, 0.5) is 10.5 Å². The van der Waals surface area contributed by atoms with E-state index in [9.17, 15) is 14.4 Å². The minimum Gasteiger partial charge on any atom is -0.493 e. The summed E-state index contributed by atoms with van der Waals surface area (Å²) in [7, 11) is 1.51. The number of nitrogens with zero attached hydrogens (tertiary/aromatic N) is 1. The van der Waals surface area contributed by atoms with Crippen LogP contribution in [-0.2, 0) is 16.2 Å². The van der Waals surface area contributed by atoms with Gasteiger partial charge in [0.05, 0.1) is 17.3 Å². The molecular formula is C30H23BrN2O5. The molecule has 1 saturated heterocycles. The maximum absolute atomic E-state index is 13.3. The number of ether oxygens (including phenoxy) is 2. The molecule has 4 aromatic carbocycles. The fourth-order valence-corrected chi connectivity index (χ4v) is 4.96. The van der Waals surface area contributed by atoms with Gasteiger partial charge in [-0.25, -0.2) is 9.69 Å². The lowest BCUT2D eigenvalue weighted by atomic mass is 10.0. The Labute approximate surface area is 227 Å². The van der Waals surface area contributed by atoms with Crippen molar-refractivity contribution in [2.45, 2.75) is 13.5 Å². The topological polar surface area (TPSA) is 84.9 Å². The van der Waals surface area contributed by atoms with Gasteiger partial charge in [0.15, 0.2) is 11.5 Å². The highest BCUT2D eigenvalue weighted by Gasteiger charge is 2.37. The van der Waals surface area contributed by atoms with Crippen molar-refractivity contribution in [1.29, 1.82) is 0 Å². The van der Waals surface area contributed by atoms with E-state index in [0.717, 1.165) is 26.8 Å². The predicted octanol–water partition coefficient (Wildman–Crippen LogP) is 6.16. The first-order valence-corrected chi connectivity index (χ1v) is 12.6. The van der Waals surface area contributed by atoms with Crippen LogP contribution in [0.25, 0.3) is 16.8 Å². The summed E-state index contributed by atoms with van der Waals surface area (Å²) in [4.78, 5) is 39.4. The van der Waals surface area contributed by atoms with Gasteiger partial charge >= 0.3 is 6.03 Å². The molecule has 0 radical (unpaired) electrons. The summed E-state index contributed by atoms with van der Waals surface area (Å²) in [5.41, 5.74) is 2.50. The van der Waals surface area contributed by atoms with Gasteiger partial charge in [-0.3, -0.25) is 14.9 Å². The summed E-state index contributed by atoms with van der Waals surface area (Å²) in [5.74, 6) is -0.573. The molecule has 7 nitrogen and oxygen atoms in total. The number of anilines is 1. The van der Waals surface area contributed by atoms with Gasteiger partial charge in [-0.05, 0) is 74.6 Å². The molecule has 0 atom stereocenters. The van der Waals surface area contributed by atoms with E-state index < -0.39 is 17.8 Å². The summed E-state index contributed by atoms with van der Waals surface area (Å²) in [5, 5.41) is 4.47. The van der Waals surface area contributed by atoms with Gasteiger partial charge in [0.1, 0.15) is 12.2 Å². The van der Waals surface area contributed by atoms with Crippen LogP contribution in [0.2, 0.25) is 0 Å². The van der Waals surface area contributed by atoms with Crippen molar-refractivity contribution in [3.8, 4) is 11.5 Å². The van der Waals surface area contributed by atoms with Gasteiger partial charge in [0.2, 0.25) is 0 Å². The maximum Gasteiger partial charge on any atom is 0.335 e. The van der Waals surface area contributed by atoms with Crippen LogP contribution in [0.3, 0.4) is 0 Å². The van der Waals surface area contributed by atoms with Gasteiger partial charge in [-0.1, -0.05) is 60.7 Å². The quantitative estimate of drug-likeness (QED) is 0.221. The lowest BCUT2D eigenvalue weighted by Crippen LogP contribution is -2.54. The number of barbiturate groups is 1. The standard InChI is InChI=1S/C30H23BrN2O5/c1-18-8-3-6-13-25(18)33-29(35)23(28(34)32-30(33)36)14-19-15-24(31)27(26(16-19)37-2)38-17-21-11-7-10-20-9-4-5-12-22(20)21/h3-16H,17H2,1-2H3,(H,32,34,36)/b23-14+. The highest BCUT2D eigenvalue weighted by molar-refractivity contribution is 9.10. The number of hydrogen-bond acceptors (Lipinski definition) is 5. The minimum absolute atomic E-state index is 0.175. The first-order chi connectivity index (χ1) is 18.4. The zero-order chi connectivity index (χ0) is 26.8. The van der Waals surface area contributed by atoms with Crippen molar-refractivity contribution in [3.63, 3.8) is 0 Å². The number of carbonyl (C=O) groups excluding carboxylic acids is 3. The second kappa shape index (κ2) is 10.5. The first-order valence-electron chi connectivity index (χ1n) is 11.8. The summed E-state index contributed by atoms with van der Waals surface area (Å²) in [6, 6.07) is 23.7. The fraction of sp³-hybridized carbons (Fsp3) is 0.100. The number of aryl methyl sites for hydroxylation is 1. The van der Waals surface area contributed by atoms with Crippen LogP contribution in [0.5, 0.6) is 11.5 Å². The Morgan fingerprint density at radius 2 is 1.68 bits per heavy atom. The van der Waals surface area contributed by atoms with E-state index in [-0.39, 0.29) is 5.57 Å². The monoisotopic (exact) mass is 570 g/mol. The lowest BCUT2D eigenvalue weighted by molar-refractivity contribution is -0.122. The van der Waals surface area contributed by atoms with Crippen molar-refractivity contribution in [2.75, 3.05) is 12.0 Å². The van der Waals surface area contributed by atoms with Crippen molar-refractivity contribution in [3.05, 3.63) is 106 Å². The van der Waals surface area contributed by atoms with E-state index in [1.165, 1.54) is 13.2 Å². The van der Waals surface area contributed by atoms with Gasteiger partial charge in [-0.2, -0.15) is 0 Å². The molecule has 1 aliphatic rings. The van der Waals surface area contributed by atoms with Crippen molar-refractivity contribution >= 4 is 56.3 Å². The maximum atomic E-state index is 13.3. The molecule has 1 N–H and O–H groups in total. The number of amides is 4. The average molecular weight is 571 g/mol. The molecule has 0 spiro atoms. The average Bonchev–Trinajstić information content (AvgIpc) is 2.91. The second-order valence-electron chi connectivity index (χ2n) is 8.71. The SMILES string of the molecule is COc1cc(/C=C2\C(=O)NC(=O)N(c3ccccc3C)C2=O)cc(Br)c1OCc1cccc2ccccc12.